The van der Waals surface area contributed by atoms with Crippen molar-refractivity contribution in [1.82, 2.24) is 14.8 Å². The molecule has 26 heavy (non-hydrogen) atoms. The van der Waals surface area contributed by atoms with Crippen LogP contribution in [0.5, 0.6) is 0 Å². The number of aromatic nitrogens is 1. The van der Waals surface area contributed by atoms with Gasteiger partial charge in [-0.25, -0.2) is 0 Å². The number of hydrogen-bond acceptors (Lipinski definition) is 3. The molecular weight excluding hydrogens is 322 g/mol. The number of carbonyl (C=O) groups excluding carboxylic acids is 1. The number of amides is 1. The maximum Gasteiger partial charge on any atom is 0.222 e. The Bertz CT molecular complexity index is 734. The van der Waals surface area contributed by atoms with Crippen molar-refractivity contribution in [2.75, 3.05) is 19.6 Å². The minimum absolute atomic E-state index is 0.258. The molecule has 2 fully saturated rings. The van der Waals surface area contributed by atoms with Gasteiger partial charge in [0.1, 0.15) is 0 Å². The molecule has 4 nitrogen and oxygen atoms in total. The molecule has 4 rings (SSSR count). The van der Waals surface area contributed by atoms with Crippen LogP contribution in [0.4, 0.5) is 0 Å². The molecule has 1 spiro atoms. The lowest BCUT2D eigenvalue weighted by atomic mass is 9.73. The molecule has 1 aromatic heterocycles. The molecular formula is C22H27N3O. The van der Waals surface area contributed by atoms with Gasteiger partial charge in [0, 0.05) is 50.4 Å². The summed E-state index contributed by atoms with van der Waals surface area (Å²) in [5.74, 6) is 0.311. The summed E-state index contributed by atoms with van der Waals surface area (Å²) in [5.41, 5.74) is 2.81. The first kappa shape index (κ1) is 17.2. The number of rotatable bonds is 4. The van der Waals surface area contributed by atoms with Crippen molar-refractivity contribution in [2.45, 2.75) is 38.8 Å². The third-order valence-corrected chi connectivity index (χ3v) is 5.86. The zero-order valence-electron chi connectivity index (χ0n) is 15.3. The Kier molecular flexibility index (Phi) is 5.02. The smallest absolute Gasteiger partial charge is 0.222 e. The Morgan fingerprint density at radius 2 is 1.69 bits per heavy atom. The van der Waals surface area contributed by atoms with Gasteiger partial charge in [-0.15, -0.1) is 0 Å². The highest BCUT2D eigenvalue weighted by Gasteiger charge is 2.41. The van der Waals surface area contributed by atoms with E-state index in [9.17, 15) is 4.79 Å². The summed E-state index contributed by atoms with van der Waals surface area (Å²) in [4.78, 5) is 21.3. The zero-order chi connectivity index (χ0) is 17.8. The molecule has 136 valence electrons. The molecule has 0 aliphatic carbocycles. The van der Waals surface area contributed by atoms with Crippen LogP contribution in [-0.2, 0) is 17.9 Å². The van der Waals surface area contributed by atoms with Gasteiger partial charge in [-0.05, 0) is 49.1 Å². The summed E-state index contributed by atoms with van der Waals surface area (Å²) in [7, 11) is 0. The molecule has 3 heterocycles. The third kappa shape index (κ3) is 3.96. The summed E-state index contributed by atoms with van der Waals surface area (Å²) in [6.07, 6.45) is 7.92. The standard InChI is InChI=1S/C22H27N3O/c26-21-7-11-22(18-25(21)16-19-5-2-1-3-6-19)10-4-14-24(17-22)15-20-8-12-23-13-9-20/h1-3,5-6,8-9,12-13H,4,7,10-11,14-18H2. The van der Waals surface area contributed by atoms with E-state index in [0.717, 1.165) is 39.1 Å². The van der Waals surface area contributed by atoms with E-state index in [1.807, 2.05) is 18.5 Å². The normalized spacial score (nSPS) is 24.2. The fourth-order valence-electron chi connectivity index (χ4n) is 4.57. The molecule has 1 aromatic carbocycles. The van der Waals surface area contributed by atoms with E-state index >= 15 is 0 Å². The Labute approximate surface area is 155 Å². The van der Waals surface area contributed by atoms with Crippen LogP contribution in [0.2, 0.25) is 0 Å². The van der Waals surface area contributed by atoms with Gasteiger partial charge < -0.3 is 4.90 Å². The van der Waals surface area contributed by atoms with Crippen LogP contribution in [0.15, 0.2) is 54.9 Å². The van der Waals surface area contributed by atoms with Crippen LogP contribution >= 0.6 is 0 Å². The second-order valence-corrected chi connectivity index (χ2v) is 7.91. The molecule has 2 aromatic rings. The summed E-state index contributed by atoms with van der Waals surface area (Å²) >= 11 is 0. The van der Waals surface area contributed by atoms with Crippen LogP contribution < -0.4 is 0 Å². The summed E-state index contributed by atoms with van der Waals surface area (Å²) in [6, 6.07) is 14.6. The van der Waals surface area contributed by atoms with Gasteiger partial charge in [-0.3, -0.25) is 14.7 Å². The lowest BCUT2D eigenvalue weighted by Gasteiger charge is -2.48. The zero-order valence-corrected chi connectivity index (χ0v) is 15.3. The number of nitrogens with zero attached hydrogens (tertiary/aromatic N) is 3. The van der Waals surface area contributed by atoms with Crippen LogP contribution in [-0.4, -0.2) is 40.3 Å². The van der Waals surface area contributed by atoms with Crippen LogP contribution in [0.1, 0.15) is 36.8 Å². The number of pyridine rings is 1. The van der Waals surface area contributed by atoms with E-state index in [-0.39, 0.29) is 5.41 Å². The molecule has 0 bridgehead atoms. The Morgan fingerprint density at radius 1 is 0.923 bits per heavy atom. The highest BCUT2D eigenvalue weighted by molar-refractivity contribution is 5.77. The fourth-order valence-corrected chi connectivity index (χ4v) is 4.57. The molecule has 2 aliphatic rings. The lowest BCUT2D eigenvalue weighted by Crippen LogP contribution is -2.53. The molecule has 0 saturated carbocycles. The molecule has 2 saturated heterocycles. The van der Waals surface area contributed by atoms with Gasteiger partial charge in [-0.2, -0.15) is 0 Å². The predicted octanol–water partition coefficient (Wildman–Crippen LogP) is 3.49. The number of carbonyl (C=O) groups is 1. The average Bonchev–Trinajstić information content (AvgIpc) is 2.67. The maximum atomic E-state index is 12.5. The summed E-state index contributed by atoms with van der Waals surface area (Å²) in [6.45, 7) is 4.86. The van der Waals surface area contributed by atoms with E-state index in [0.29, 0.717) is 12.3 Å². The van der Waals surface area contributed by atoms with E-state index in [4.69, 9.17) is 0 Å². The van der Waals surface area contributed by atoms with Crippen molar-refractivity contribution < 1.29 is 4.79 Å². The Morgan fingerprint density at radius 3 is 2.50 bits per heavy atom. The monoisotopic (exact) mass is 349 g/mol. The molecule has 4 heteroatoms. The molecule has 0 N–H and O–H groups in total. The minimum Gasteiger partial charge on any atom is -0.338 e. The number of hydrogen-bond donors (Lipinski definition) is 0. The first-order valence-corrected chi connectivity index (χ1v) is 9.65. The SMILES string of the molecule is O=C1CCC2(CCCN(Cc3ccncc3)C2)CN1Cc1ccccc1. The number of benzene rings is 1. The van der Waals surface area contributed by atoms with E-state index in [1.54, 1.807) is 0 Å². The Hall–Kier alpha value is -2.20. The topological polar surface area (TPSA) is 36.4 Å². The van der Waals surface area contributed by atoms with Gasteiger partial charge >= 0.3 is 0 Å². The molecule has 0 radical (unpaired) electrons. The van der Waals surface area contributed by atoms with Crippen molar-refractivity contribution in [3.05, 3.63) is 66.0 Å². The summed E-state index contributed by atoms with van der Waals surface area (Å²) < 4.78 is 0. The van der Waals surface area contributed by atoms with Gasteiger partial charge in [0.2, 0.25) is 5.91 Å². The van der Waals surface area contributed by atoms with Crippen LogP contribution in [0.3, 0.4) is 0 Å². The largest absolute Gasteiger partial charge is 0.338 e. The van der Waals surface area contributed by atoms with Crippen molar-refractivity contribution in [2.24, 2.45) is 5.41 Å². The third-order valence-electron chi connectivity index (χ3n) is 5.86. The number of piperidine rings is 2. The van der Waals surface area contributed by atoms with Gasteiger partial charge in [0.15, 0.2) is 0 Å². The van der Waals surface area contributed by atoms with Crippen molar-refractivity contribution in [1.29, 1.82) is 0 Å². The van der Waals surface area contributed by atoms with Crippen LogP contribution in [0.25, 0.3) is 0 Å². The van der Waals surface area contributed by atoms with E-state index in [2.05, 4.69) is 51.2 Å². The minimum atomic E-state index is 0.258. The molecule has 1 amide bonds. The van der Waals surface area contributed by atoms with Crippen molar-refractivity contribution in [3.8, 4) is 0 Å². The van der Waals surface area contributed by atoms with Crippen molar-refractivity contribution >= 4 is 5.91 Å². The Balaban J connectivity index is 1.44. The highest BCUT2D eigenvalue weighted by Crippen LogP contribution is 2.39. The lowest BCUT2D eigenvalue weighted by molar-refractivity contribution is -0.140. The molecule has 1 unspecified atom stereocenters. The van der Waals surface area contributed by atoms with Gasteiger partial charge in [0.25, 0.3) is 0 Å². The predicted molar refractivity (Wildman–Crippen MR) is 102 cm³/mol. The van der Waals surface area contributed by atoms with Crippen LogP contribution in [0, 0.1) is 5.41 Å². The van der Waals surface area contributed by atoms with E-state index < -0.39 is 0 Å². The van der Waals surface area contributed by atoms with E-state index in [1.165, 1.54) is 24.0 Å². The molecule has 2 aliphatic heterocycles. The highest BCUT2D eigenvalue weighted by atomic mass is 16.2. The maximum absolute atomic E-state index is 12.5. The van der Waals surface area contributed by atoms with Gasteiger partial charge in [-0.1, -0.05) is 30.3 Å². The quantitative estimate of drug-likeness (QED) is 0.848. The summed E-state index contributed by atoms with van der Waals surface area (Å²) in [5, 5.41) is 0. The first-order valence-electron chi connectivity index (χ1n) is 9.65. The second-order valence-electron chi connectivity index (χ2n) is 7.91. The van der Waals surface area contributed by atoms with Gasteiger partial charge in [0.05, 0.1) is 0 Å². The number of likely N-dealkylation sites (tertiary alicyclic amines) is 2. The molecule has 1 atom stereocenters. The average molecular weight is 349 g/mol. The first-order chi connectivity index (χ1) is 12.7. The fraction of sp³-hybridized carbons (Fsp3) is 0.455. The van der Waals surface area contributed by atoms with Crippen molar-refractivity contribution in [3.63, 3.8) is 0 Å². The second kappa shape index (κ2) is 7.58.